The van der Waals surface area contributed by atoms with Gasteiger partial charge in [0, 0.05) is 42.8 Å². The highest BCUT2D eigenvalue weighted by molar-refractivity contribution is 7.98. The van der Waals surface area contributed by atoms with Gasteiger partial charge in [-0.2, -0.15) is 16.8 Å². The number of benzene rings is 2. The molecule has 0 N–H and O–H groups in total. The van der Waals surface area contributed by atoms with Crippen molar-refractivity contribution in [2.24, 2.45) is 4.99 Å². The summed E-state index contributed by atoms with van der Waals surface area (Å²) < 4.78 is 13.8. The normalized spacial score (nSPS) is 14.4. The fourth-order valence-electron chi connectivity index (χ4n) is 3.67. The molecule has 1 fully saturated rings. The van der Waals surface area contributed by atoms with E-state index in [0.29, 0.717) is 34.1 Å². The molecule has 2 aromatic carbocycles. The molecule has 0 atom stereocenters. The van der Waals surface area contributed by atoms with Gasteiger partial charge in [-0.1, -0.05) is 17.4 Å². The average Bonchev–Trinajstić information content (AvgIpc) is 3.34. The molecule has 4 rings (SSSR count). The second-order valence-electron chi connectivity index (χ2n) is 7.29. The quantitative estimate of drug-likeness (QED) is 0.476. The Morgan fingerprint density at radius 3 is 2.45 bits per heavy atom. The van der Waals surface area contributed by atoms with E-state index < -0.39 is 5.91 Å². The van der Waals surface area contributed by atoms with Gasteiger partial charge in [0.15, 0.2) is 16.3 Å². The Hall–Kier alpha value is -3.11. The summed E-state index contributed by atoms with van der Waals surface area (Å²) in [5.74, 6) is 1.09. The van der Waals surface area contributed by atoms with Crippen LogP contribution in [0.4, 0.5) is 5.69 Å². The minimum atomic E-state index is -0.445. The zero-order valence-corrected chi connectivity index (χ0v) is 20.1. The Bertz CT molecular complexity index is 1300. The summed E-state index contributed by atoms with van der Waals surface area (Å²) in [6.45, 7) is 0.666. The van der Waals surface area contributed by atoms with E-state index in [1.807, 2.05) is 23.0 Å². The van der Waals surface area contributed by atoms with E-state index in [2.05, 4.69) is 4.99 Å². The van der Waals surface area contributed by atoms with Gasteiger partial charge in [0.25, 0.3) is 5.91 Å². The van der Waals surface area contributed by atoms with Crippen LogP contribution in [0.1, 0.15) is 23.2 Å². The first-order chi connectivity index (χ1) is 16.0. The summed E-state index contributed by atoms with van der Waals surface area (Å²) in [6, 6.07) is 10.2. The van der Waals surface area contributed by atoms with Crippen LogP contribution in [0.5, 0.6) is 11.5 Å². The first-order valence-corrected chi connectivity index (χ1v) is 12.5. The Balaban J connectivity index is 1.78. The highest BCUT2D eigenvalue weighted by Crippen LogP contribution is 2.33. The van der Waals surface area contributed by atoms with Crippen LogP contribution in [0.2, 0.25) is 0 Å². The van der Waals surface area contributed by atoms with Crippen LogP contribution in [-0.2, 0) is 16.1 Å². The number of thiazole rings is 1. The van der Waals surface area contributed by atoms with Gasteiger partial charge >= 0.3 is 0 Å². The van der Waals surface area contributed by atoms with E-state index in [1.165, 1.54) is 11.3 Å². The third-order valence-electron chi connectivity index (χ3n) is 5.31. The molecule has 172 valence electrons. The minimum Gasteiger partial charge on any atom is -0.493 e. The topological polar surface area (TPSA) is 90.2 Å². The number of carbonyl (C=O) groups excluding carboxylic acids is 3. The Morgan fingerprint density at radius 1 is 1.09 bits per heavy atom. The first-order valence-electron chi connectivity index (χ1n) is 10.3. The maximum absolute atomic E-state index is 13.1. The van der Waals surface area contributed by atoms with Crippen molar-refractivity contribution in [2.75, 3.05) is 31.1 Å². The van der Waals surface area contributed by atoms with Crippen molar-refractivity contribution in [3.8, 4) is 11.5 Å². The molecule has 0 unspecified atom stereocenters. The summed E-state index contributed by atoms with van der Waals surface area (Å²) in [5, 5.41) is 0. The Kier molecular flexibility index (Phi) is 6.85. The van der Waals surface area contributed by atoms with Gasteiger partial charge in [0.05, 0.1) is 30.1 Å². The lowest BCUT2D eigenvalue weighted by atomic mass is 10.2. The van der Waals surface area contributed by atoms with Crippen molar-refractivity contribution in [1.29, 1.82) is 0 Å². The zero-order chi connectivity index (χ0) is 23.5. The van der Waals surface area contributed by atoms with Crippen LogP contribution >= 0.6 is 23.1 Å². The van der Waals surface area contributed by atoms with Crippen LogP contribution in [0, 0.1) is 0 Å². The SMILES string of the molecule is COc1cc2sc(=NC(=O)c3cccc(N4C(=O)CCC4=O)c3)n(CCSC)c2cc1OC. The number of anilines is 1. The summed E-state index contributed by atoms with van der Waals surface area (Å²) >= 11 is 3.09. The number of amides is 3. The van der Waals surface area contributed by atoms with Crippen LogP contribution in [0.3, 0.4) is 0 Å². The molecular formula is C23H23N3O5S2. The Labute approximate surface area is 198 Å². The molecule has 1 saturated heterocycles. The number of fused-ring (bicyclic) bond motifs is 1. The fraction of sp³-hybridized carbons (Fsp3) is 0.304. The van der Waals surface area contributed by atoms with Crippen LogP contribution < -0.4 is 19.2 Å². The number of rotatable bonds is 7. The minimum absolute atomic E-state index is 0.186. The van der Waals surface area contributed by atoms with Crippen molar-refractivity contribution >= 4 is 56.7 Å². The summed E-state index contributed by atoms with van der Waals surface area (Å²) in [4.78, 5) is 43.3. The predicted molar refractivity (Wildman–Crippen MR) is 129 cm³/mol. The molecule has 1 aliphatic heterocycles. The predicted octanol–water partition coefficient (Wildman–Crippen LogP) is 3.48. The molecule has 0 bridgehead atoms. The number of nitrogens with zero attached hydrogens (tertiary/aromatic N) is 3. The van der Waals surface area contributed by atoms with Gasteiger partial charge in [-0.15, -0.1) is 0 Å². The molecule has 1 aliphatic rings. The van der Waals surface area contributed by atoms with E-state index in [1.54, 1.807) is 50.2 Å². The molecule has 0 aliphatic carbocycles. The molecule has 1 aromatic heterocycles. The maximum atomic E-state index is 13.1. The van der Waals surface area contributed by atoms with Gasteiger partial charge in [-0.05, 0) is 24.5 Å². The van der Waals surface area contributed by atoms with E-state index in [0.717, 1.165) is 20.9 Å². The molecule has 10 heteroatoms. The van der Waals surface area contributed by atoms with Crippen LogP contribution in [0.15, 0.2) is 41.4 Å². The standard InChI is InChI=1S/C23H23N3O5S2/c1-30-17-12-16-19(13-18(17)31-2)33-23(25(16)9-10-32-3)24-22(29)14-5-4-6-15(11-14)26-20(27)7-8-21(26)28/h4-6,11-13H,7-10H2,1-3H3. The van der Waals surface area contributed by atoms with E-state index >= 15 is 0 Å². The maximum Gasteiger partial charge on any atom is 0.279 e. The molecule has 2 heterocycles. The van der Waals surface area contributed by atoms with Crippen molar-refractivity contribution in [3.05, 3.63) is 46.8 Å². The average molecular weight is 486 g/mol. The smallest absolute Gasteiger partial charge is 0.279 e. The highest BCUT2D eigenvalue weighted by Gasteiger charge is 2.30. The number of hydrogen-bond acceptors (Lipinski definition) is 7. The van der Waals surface area contributed by atoms with Gasteiger partial charge in [0.1, 0.15) is 0 Å². The van der Waals surface area contributed by atoms with Gasteiger partial charge in [0.2, 0.25) is 11.8 Å². The second kappa shape index (κ2) is 9.80. The molecular weight excluding hydrogens is 462 g/mol. The number of imide groups is 1. The van der Waals surface area contributed by atoms with Crippen molar-refractivity contribution < 1.29 is 23.9 Å². The van der Waals surface area contributed by atoms with Gasteiger partial charge in [-0.25, -0.2) is 0 Å². The third-order valence-corrected chi connectivity index (χ3v) is 6.94. The van der Waals surface area contributed by atoms with Crippen LogP contribution in [-0.4, -0.2) is 48.5 Å². The number of aryl methyl sites for hydroxylation is 1. The monoisotopic (exact) mass is 485 g/mol. The van der Waals surface area contributed by atoms with Crippen LogP contribution in [0.25, 0.3) is 10.2 Å². The van der Waals surface area contributed by atoms with E-state index in [9.17, 15) is 14.4 Å². The molecule has 3 aromatic rings. The molecule has 8 nitrogen and oxygen atoms in total. The molecule has 33 heavy (non-hydrogen) atoms. The number of ether oxygens (including phenoxy) is 2. The summed E-state index contributed by atoms with van der Waals surface area (Å²) in [5.41, 5.74) is 1.61. The largest absolute Gasteiger partial charge is 0.493 e. The number of aromatic nitrogens is 1. The molecule has 0 radical (unpaired) electrons. The molecule has 0 saturated carbocycles. The summed E-state index contributed by atoms with van der Waals surface area (Å²) in [7, 11) is 3.16. The lowest BCUT2D eigenvalue weighted by molar-refractivity contribution is -0.121. The second-order valence-corrected chi connectivity index (χ2v) is 9.29. The van der Waals surface area contributed by atoms with Crippen molar-refractivity contribution in [1.82, 2.24) is 4.57 Å². The first kappa shape index (κ1) is 23.1. The zero-order valence-electron chi connectivity index (χ0n) is 18.5. The van der Waals surface area contributed by atoms with Crippen molar-refractivity contribution in [2.45, 2.75) is 19.4 Å². The number of thioether (sulfide) groups is 1. The Morgan fingerprint density at radius 2 is 1.79 bits per heavy atom. The number of hydrogen-bond donors (Lipinski definition) is 0. The molecule has 0 spiro atoms. The fourth-order valence-corrected chi connectivity index (χ4v) is 5.10. The highest BCUT2D eigenvalue weighted by atomic mass is 32.2. The lowest BCUT2D eigenvalue weighted by Gasteiger charge is -2.14. The summed E-state index contributed by atoms with van der Waals surface area (Å²) in [6.07, 6.45) is 2.39. The molecule has 3 amide bonds. The van der Waals surface area contributed by atoms with E-state index in [4.69, 9.17) is 9.47 Å². The lowest BCUT2D eigenvalue weighted by Crippen LogP contribution is -2.28. The van der Waals surface area contributed by atoms with Gasteiger partial charge < -0.3 is 14.0 Å². The number of carbonyl (C=O) groups is 3. The van der Waals surface area contributed by atoms with E-state index in [-0.39, 0.29) is 24.7 Å². The van der Waals surface area contributed by atoms with Gasteiger partial charge in [-0.3, -0.25) is 19.3 Å². The third kappa shape index (κ3) is 4.53. The number of methoxy groups -OCH3 is 2. The van der Waals surface area contributed by atoms with Crippen molar-refractivity contribution in [3.63, 3.8) is 0 Å².